The number of carbonyl (C=O) groups is 1. The molecule has 0 aliphatic rings. The lowest BCUT2D eigenvalue weighted by Gasteiger charge is -2.04. The van der Waals surface area contributed by atoms with Crippen molar-refractivity contribution in [2.45, 2.75) is 19.8 Å². The molecule has 0 aliphatic heterocycles. The van der Waals surface area contributed by atoms with E-state index in [4.69, 9.17) is 9.47 Å². The molecule has 0 spiro atoms. The fourth-order valence-corrected chi connectivity index (χ4v) is 2.79. The lowest BCUT2D eigenvalue weighted by atomic mass is 10.1. The summed E-state index contributed by atoms with van der Waals surface area (Å²) in [6, 6.07) is 7.52. The molecule has 1 N–H and O–H groups in total. The van der Waals surface area contributed by atoms with Crippen LogP contribution in [-0.4, -0.2) is 25.2 Å². The highest BCUT2D eigenvalue weighted by Gasteiger charge is 2.20. The number of thiazole rings is 1. The van der Waals surface area contributed by atoms with E-state index in [1.165, 1.54) is 18.4 Å². The van der Waals surface area contributed by atoms with Crippen molar-refractivity contribution in [1.29, 1.82) is 0 Å². The van der Waals surface area contributed by atoms with Crippen LogP contribution in [0.3, 0.4) is 0 Å². The number of hydrogen-bond donors (Lipinski definition) is 1. The third-order valence-corrected chi connectivity index (χ3v) is 4.17. The van der Waals surface area contributed by atoms with Gasteiger partial charge in [-0.15, -0.1) is 11.3 Å². The van der Waals surface area contributed by atoms with E-state index in [0.29, 0.717) is 10.8 Å². The molecular formula is C15H18N2O3S. The summed E-state index contributed by atoms with van der Waals surface area (Å²) >= 11 is 1.46. The summed E-state index contributed by atoms with van der Waals surface area (Å²) < 4.78 is 9.90. The number of hydrogen-bond acceptors (Lipinski definition) is 6. The van der Waals surface area contributed by atoms with Crippen LogP contribution in [0, 0.1) is 0 Å². The quantitative estimate of drug-likeness (QED) is 0.851. The smallest absolute Gasteiger partial charge is 0.357 e. The molecule has 21 heavy (non-hydrogen) atoms. The topological polar surface area (TPSA) is 60.5 Å². The number of ether oxygens (including phenoxy) is 2. The summed E-state index contributed by atoms with van der Waals surface area (Å²) in [6.45, 7) is 4.05. The van der Waals surface area contributed by atoms with Gasteiger partial charge < -0.3 is 14.8 Å². The lowest BCUT2D eigenvalue weighted by Crippen LogP contribution is -2.05. The van der Waals surface area contributed by atoms with Gasteiger partial charge in [-0.05, 0) is 30.2 Å². The molecule has 2 rings (SSSR count). The fraction of sp³-hybridized carbons (Fsp3) is 0.333. The van der Waals surface area contributed by atoms with Crippen molar-refractivity contribution >= 4 is 28.1 Å². The number of nitrogens with one attached hydrogen (secondary N) is 1. The standard InChI is InChI=1S/C15H18N2O3S/c1-9(2)13-12(14(18)20-4)17-15(21-13)16-10-5-7-11(19-3)8-6-10/h5-9H,1-4H3,(H,16,17). The highest BCUT2D eigenvalue weighted by atomic mass is 32.1. The average Bonchev–Trinajstić information content (AvgIpc) is 2.91. The summed E-state index contributed by atoms with van der Waals surface area (Å²) in [5, 5.41) is 3.86. The van der Waals surface area contributed by atoms with Crippen molar-refractivity contribution in [3.8, 4) is 5.75 Å². The number of anilines is 2. The molecule has 0 atom stereocenters. The molecular weight excluding hydrogens is 288 g/mol. The molecule has 112 valence electrons. The van der Waals surface area contributed by atoms with E-state index < -0.39 is 5.97 Å². The highest BCUT2D eigenvalue weighted by molar-refractivity contribution is 7.16. The number of methoxy groups -OCH3 is 2. The van der Waals surface area contributed by atoms with Crippen molar-refractivity contribution in [1.82, 2.24) is 4.98 Å². The molecule has 0 saturated carbocycles. The molecule has 2 aromatic rings. The Kier molecular flexibility index (Phi) is 4.80. The van der Waals surface area contributed by atoms with Gasteiger partial charge in [0.1, 0.15) is 5.75 Å². The monoisotopic (exact) mass is 306 g/mol. The van der Waals surface area contributed by atoms with Gasteiger partial charge in [0.25, 0.3) is 0 Å². The zero-order chi connectivity index (χ0) is 15.4. The third-order valence-electron chi connectivity index (χ3n) is 2.90. The minimum Gasteiger partial charge on any atom is -0.497 e. The van der Waals surface area contributed by atoms with E-state index in [0.717, 1.165) is 16.3 Å². The maximum atomic E-state index is 11.8. The van der Waals surface area contributed by atoms with Gasteiger partial charge >= 0.3 is 5.97 Å². The van der Waals surface area contributed by atoms with Crippen molar-refractivity contribution in [3.63, 3.8) is 0 Å². The number of rotatable bonds is 5. The van der Waals surface area contributed by atoms with Crippen LogP contribution in [0.5, 0.6) is 5.75 Å². The molecule has 1 aromatic heterocycles. The summed E-state index contributed by atoms with van der Waals surface area (Å²) in [5.41, 5.74) is 1.27. The van der Waals surface area contributed by atoms with E-state index in [1.54, 1.807) is 7.11 Å². The van der Waals surface area contributed by atoms with E-state index in [9.17, 15) is 4.79 Å². The first-order chi connectivity index (χ1) is 10.0. The minimum absolute atomic E-state index is 0.211. The zero-order valence-electron chi connectivity index (χ0n) is 12.5. The van der Waals surface area contributed by atoms with Gasteiger partial charge in [-0.1, -0.05) is 13.8 Å². The Labute approximate surface area is 127 Å². The van der Waals surface area contributed by atoms with Crippen molar-refractivity contribution in [3.05, 3.63) is 34.8 Å². The fourth-order valence-electron chi connectivity index (χ4n) is 1.82. The van der Waals surface area contributed by atoms with Crippen LogP contribution in [0.15, 0.2) is 24.3 Å². The summed E-state index contributed by atoms with van der Waals surface area (Å²) in [6.07, 6.45) is 0. The largest absolute Gasteiger partial charge is 0.497 e. The second-order valence-corrected chi connectivity index (χ2v) is 5.76. The molecule has 1 heterocycles. The summed E-state index contributed by atoms with van der Waals surface area (Å²) in [7, 11) is 2.99. The minimum atomic E-state index is -0.405. The van der Waals surface area contributed by atoms with Crippen LogP contribution < -0.4 is 10.1 Å². The molecule has 1 aromatic carbocycles. The number of benzene rings is 1. The predicted molar refractivity (Wildman–Crippen MR) is 83.8 cm³/mol. The third kappa shape index (κ3) is 3.52. The summed E-state index contributed by atoms with van der Waals surface area (Å²) in [4.78, 5) is 17.0. The molecule has 0 fully saturated rings. The number of nitrogens with zero attached hydrogens (tertiary/aromatic N) is 1. The Balaban J connectivity index is 2.25. The maximum absolute atomic E-state index is 11.8. The zero-order valence-corrected chi connectivity index (χ0v) is 13.3. The van der Waals surface area contributed by atoms with Crippen LogP contribution >= 0.6 is 11.3 Å². The molecule has 0 saturated heterocycles. The number of aromatic nitrogens is 1. The van der Waals surface area contributed by atoms with Gasteiger partial charge in [-0.3, -0.25) is 0 Å². The molecule has 0 radical (unpaired) electrons. The van der Waals surface area contributed by atoms with Crippen LogP contribution in [0.4, 0.5) is 10.8 Å². The van der Waals surface area contributed by atoms with Gasteiger partial charge in [-0.25, -0.2) is 9.78 Å². The average molecular weight is 306 g/mol. The molecule has 0 amide bonds. The SMILES string of the molecule is COC(=O)c1nc(Nc2ccc(OC)cc2)sc1C(C)C. The molecule has 0 aliphatic carbocycles. The first-order valence-corrected chi connectivity index (χ1v) is 7.37. The molecule has 0 unspecified atom stereocenters. The lowest BCUT2D eigenvalue weighted by molar-refractivity contribution is 0.0593. The molecule has 5 nitrogen and oxygen atoms in total. The predicted octanol–water partition coefficient (Wildman–Crippen LogP) is 3.81. The van der Waals surface area contributed by atoms with Crippen molar-refractivity contribution < 1.29 is 14.3 Å². The van der Waals surface area contributed by atoms with Gasteiger partial charge in [0.15, 0.2) is 10.8 Å². The van der Waals surface area contributed by atoms with Crippen molar-refractivity contribution in [2.24, 2.45) is 0 Å². The normalized spacial score (nSPS) is 10.5. The number of esters is 1. The Morgan fingerprint density at radius 3 is 2.43 bits per heavy atom. The number of carbonyl (C=O) groups excluding carboxylic acids is 1. The van der Waals surface area contributed by atoms with E-state index in [-0.39, 0.29) is 5.92 Å². The van der Waals surface area contributed by atoms with Gasteiger partial charge in [-0.2, -0.15) is 0 Å². The summed E-state index contributed by atoms with van der Waals surface area (Å²) in [5.74, 6) is 0.596. The van der Waals surface area contributed by atoms with Crippen LogP contribution in [0.25, 0.3) is 0 Å². The van der Waals surface area contributed by atoms with Crippen molar-refractivity contribution in [2.75, 3.05) is 19.5 Å². The molecule has 0 bridgehead atoms. The van der Waals surface area contributed by atoms with E-state index in [2.05, 4.69) is 10.3 Å². The second-order valence-electron chi connectivity index (χ2n) is 4.73. The van der Waals surface area contributed by atoms with E-state index >= 15 is 0 Å². The Morgan fingerprint density at radius 1 is 1.24 bits per heavy atom. The Bertz CT molecular complexity index is 620. The van der Waals surface area contributed by atoms with Crippen LogP contribution in [0.1, 0.15) is 35.1 Å². The van der Waals surface area contributed by atoms with Crippen LogP contribution in [-0.2, 0) is 4.74 Å². The Morgan fingerprint density at radius 2 is 1.90 bits per heavy atom. The van der Waals surface area contributed by atoms with Gasteiger partial charge in [0, 0.05) is 10.6 Å². The Hall–Kier alpha value is -2.08. The first-order valence-electron chi connectivity index (χ1n) is 6.55. The maximum Gasteiger partial charge on any atom is 0.357 e. The van der Waals surface area contributed by atoms with Gasteiger partial charge in [0.05, 0.1) is 14.2 Å². The molecule has 6 heteroatoms. The first kappa shape index (κ1) is 15.3. The van der Waals surface area contributed by atoms with Gasteiger partial charge in [0.2, 0.25) is 0 Å². The van der Waals surface area contributed by atoms with Crippen LogP contribution in [0.2, 0.25) is 0 Å². The van der Waals surface area contributed by atoms with E-state index in [1.807, 2.05) is 38.1 Å². The second kappa shape index (κ2) is 6.58. The highest BCUT2D eigenvalue weighted by Crippen LogP contribution is 2.32.